The Labute approximate surface area is 80.2 Å². The molecule has 5 nitrogen and oxygen atoms in total. The maximum Gasteiger partial charge on any atom is 0.341 e. The van der Waals surface area contributed by atoms with Crippen LogP contribution in [0.15, 0.2) is 23.1 Å². The molecule has 0 saturated heterocycles. The minimum atomic E-state index is -1.25. The van der Waals surface area contributed by atoms with Crippen LogP contribution in [0.25, 0.3) is 0 Å². The summed E-state index contributed by atoms with van der Waals surface area (Å²) in [5, 5.41) is 17.7. The molecule has 0 aliphatic carbocycles. The van der Waals surface area contributed by atoms with Crippen molar-refractivity contribution >= 4 is 5.97 Å². The van der Waals surface area contributed by atoms with Gasteiger partial charge in [0.05, 0.1) is 12.6 Å². The molecule has 1 aromatic rings. The lowest BCUT2D eigenvalue weighted by molar-refractivity contribution is 0.0693. The van der Waals surface area contributed by atoms with Gasteiger partial charge in [0.2, 0.25) is 0 Å². The lowest BCUT2D eigenvalue weighted by atomic mass is 10.2. The molecule has 1 rings (SSSR count). The van der Waals surface area contributed by atoms with Crippen LogP contribution in [0.3, 0.4) is 0 Å². The summed E-state index contributed by atoms with van der Waals surface area (Å²) in [4.78, 5) is 22.0. The number of pyridine rings is 1. The zero-order valence-corrected chi connectivity index (χ0v) is 7.67. The first kappa shape index (κ1) is 10.5. The van der Waals surface area contributed by atoms with E-state index in [0.29, 0.717) is 0 Å². The molecule has 0 saturated carbocycles. The van der Waals surface area contributed by atoms with Crippen molar-refractivity contribution in [3.8, 4) is 0 Å². The van der Waals surface area contributed by atoms with Gasteiger partial charge in [-0.25, -0.2) is 4.79 Å². The first-order valence-corrected chi connectivity index (χ1v) is 4.13. The van der Waals surface area contributed by atoms with Crippen molar-refractivity contribution in [1.82, 2.24) is 4.57 Å². The van der Waals surface area contributed by atoms with E-state index in [2.05, 4.69) is 0 Å². The van der Waals surface area contributed by atoms with Crippen molar-refractivity contribution in [3.05, 3.63) is 34.2 Å². The van der Waals surface area contributed by atoms with Gasteiger partial charge in [0.15, 0.2) is 0 Å². The van der Waals surface area contributed by atoms with Crippen molar-refractivity contribution in [3.63, 3.8) is 0 Å². The maximum atomic E-state index is 11.4. The van der Waals surface area contributed by atoms with E-state index in [1.54, 1.807) is 0 Å². The van der Waals surface area contributed by atoms with Gasteiger partial charge in [-0.15, -0.1) is 0 Å². The van der Waals surface area contributed by atoms with Crippen LogP contribution >= 0.6 is 0 Å². The third-order valence-electron chi connectivity index (χ3n) is 1.71. The summed E-state index contributed by atoms with van der Waals surface area (Å²) in [6, 6.07) is 2.70. The van der Waals surface area contributed by atoms with E-state index in [1.165, 1.54) is 29.8 Å². The second kappa shape index (κ2) is 4.06. The Morgan fingerprint density at radius 1 is 1.64 bits per heavy atom. The van der Waals surface area contributed by atoms with E-state index in [-0.39, 0.29) is 12.1 Å². The topological polar surface area (TPSA) is 79.5 Å². The average molecular weight is 197 g/mol. The first-order valence-electron chi connectivity index (χ1n) is 4.13. The van der Waals surface area contributed by atoms with Gasteiger partial charge in [0.1, 0.15) is 5.56 Å². The summed E-state index contributed by atoms with van der Waals surface area (Å²) >= 11 is 0. The Hall–Kier alpha value is -1.62. The fourth-order valence-electron chi connectivity index (χ4n) is 1.13. The Morgan fingerprint density at radius 3 is 2.79 bits per heavy atom. The number of nitrogens with zero attached hydrogens (tertiary/aromatic N) is 1. The van der Waals surface area contributed by atoms with Gasteiger partial charge in [-0.3, -0.25) is 4.79 Å². The number of carbonyl (C=O) groups is 1. The number of hydrogen-bond acceptors (Lipinski definition) is 3. The zero-order valence-electron chi connectivity index (χ0n) is 7.67. The van der Waals surface area contributed by atoms with Crippen LogP contribution in [-0.2, 0) is 6.54 Å². The molecule has 0 bridgehead atoms. The fraction of sp³-hybridized carbons (Fsp3) is 0.333. The molecule has 0 aromatic carbocycles. The number of rotatable bonds is 3. The summed E-state index contributed by atoms with van der Waals surface area (Å²) in [5.41, 5.74) is -0.881. The fourth-order valence-corrected chi connectivity index (χ4v) is 1.13. The summed E-state index contributed by atoms with van der Waals surface area (Å²) < 4.78 is 1.17. The molecule has 0 aliphatic heterocycles. The summed E-state index contributed by atoms with van der Waals surface area (Å²) in [6.45, 7) is 1.62. The van der Waals surface area contributed by atoms with Gasteiger partial charge in [-0.05, 0) is 19.1 Å². The number of hydrogen-bond donors (Lipinski definition) is 2. The average Bonchev–Trinajstić information content (AvgIpc) is 2.07. The van der Waals surface area contributed by atoms with Crippen LogP contribution in [0.2, 0.25) is 0 Å². The van der Waals surface area contributed by atoms with E-state index in [9.17, 15) is 9.59 Å². The highest BCUT2D eigenvalue weighted by molar-refractivity contribution is 5.86. The second-order valence-corrected chi connectivity index (χ2v) is 3.03. The van der Waals surface area contributed by atoms with Gasteiger partial charge < -0.3 is 14.8 Å². The third-order valence-corrected chi connectivity index (χ3v) is 1.71. The van der Waals surface area contributed by atoms with Crippen molar-refractivity contribution in [2.75, 3.05) is 0 Å². The second-order valence-electron chi connectivity index (χ2n) is 3.03. The standard InChI is InChI=1S/C9H11NO4/c1-6(11)5-10-4-2-3-7(8(10)12)9(13)14/h2-4,6,11H,5H2,1H3,(H,13,14)/t6-/m1/s1. The van der Waals surface area contributed by atoms with Gasteiger partial charge in [-0.1, -0.05) is 0 Å². The molecule has 5 heteroatoms. The molecular weight excluding hydrogens is 186 g/mol. The molecule has 76 valence electrons. The van der Waals surface area contributed by atoms with E-state index < -0.39 is 17.6 Å². The van der Waals surface area contributed by atoms with Crippen molar-refractivity contribution < 1.29 is 15.0 Å². The summed E-state index contributed by atoms with van der Waals surface area (Å²) in [6.07, 6.45) is 0.762. The lowest BCUT2D eigenvalue weighted by Gasteiger charge is -2.07. The Morgan fingerprint density at radius 2 is 2.29 bits per heavy atom. The minimum absolute atomic E-state index is 0.0972. The Bertz CT molecular complexity index is 394. The van der Waals surface area contributed by atoms with Gasteiger partial charge in [0.25, 0.3) is 5.56 Å². The molecule has 2 N–H and O–H groups in total. The Balaban J connectivity index is 3.15. The van der Waals surface area contributed by atoms with Crippen LogP contribution in [0.1, 0.15) is 17.3 Å². The monoisotopic (exact) mass is 197 g/mol. The number of aliphatic hydroxyl groups is 1. The lowest BCUT2D eigenvalue weighted by Crippen LogP contribution is -2.28. The highest BCUT2D eigenvalue weighted by Crippen LogP contribution is 1.93. The molecule has 1 aromatic heterocycles. The number of aromatic carboxylic acids is 1. The van der Waals surface area contributed by atoms with Gasteiger partial charge in [0, 0.05) is 6.20 Å². The Kier molecular flexibility index (Phi) is 3.03. The quantitative estimate of drug-likeness (QED) is 0.710. The number of carboxylic acids is 1. The van der Waals surface area contributed by atoms with Crippen LogP contribution < -0.4 is 5.56 Å². The van der Waals surface area contributed by atoms with Crippen LogP contribution in [0.4, 0.5) is 0 Å². The van der Waals surface area contributed by atoms with Crippen molar-refractivity contribution in [1.29, 1.82) is 0 Å². The predicted molar refractivity (Wildman–Crippen MR) is 49.3 cm³/mol. The molecule has 14 heavy (non-hydrogen) atoms. The first-order chi connectivity index (χ1) is 6.52. The predicted octanol–water partition coefficient (Wildman–Crippen LogP) is -0.0727. The van der Waals surface area contributed by atoms with Crippen molar-refractivity contribution in [2.45, 2.75) is 19.6 Å². The van der Waals surface area contributed by atoms with E-state index in [1.807, 2.05) is 0 Å². The van der Waals surface area contributed by atoms with Gasteiger partial charge >= 0.3 is 5.97 Å². The van der Waals surface area contributed by atoms with E-state index in [4.69, 9.17) is 10.2 Å². The molecule has 0 amide bonds. The molecule has 0 fully saturated rings. The molecule has 1 atom stereocenters. The SMILES string of the molecule is C[C@@H](O)Cn1cccc(C(=O)O)c1=O. The van der Waals surface area contributed by atoms with Crippen molar-refractivity contribution in [2.24, 2.45) is 0 Å². The van der Waals surface area contributed by atoms with Crippen LogP contribution in [0, 0.1) is 0 Å². The summed E-state index contributed by atoms with van der Waals surface area (Å²) in [5.74, 6) is -1.25. The minimum Gasteiger partial charge on any atom is -0.477 e. The molecule has 0 unspecified atom stereocenters. The smallest absolute Gasteiger partial charge is 0.341 e. The van der Waals surface area contributed by atoms with E-state index in [0.717, 1.165) is 0 Å². The largest absolute Gasteiger partial charge is 0.477 e. The number of carboxylic acid groups (broad SMARTS) is 1. The molecule has 0 spiro atoms. The third kappa shape index (κ3) is 2.20. The normalized spacial score (nSPS) is 12.4. The highest BCUT2D eigenvalue weighted by atomic mass is 16.4. The van der Waals surface area contributed by atoms with Gasteiger partial charge in [-0.2, -0.15) is 0 Å². The maximum absolute atomic E-state index is 11.4. The highest BCUT2D eigenvalue weighted by Gasteiger charge is 2.10. The molecule has 0 radical (unpaired) electrons. The summed E-state index contributed by atoms with van der Waals surface area (Å²) in [7, 11) is 0. The zero-order chi connectivity index (χ0) is 10.7. The number of aromatic nitrogens is 1. The molecule has 1 heterocycles. The van der Waals surface area contributed by atoms with Crippen LogP contribution in [-0.4, -0.2) is 26.9 Å². The molecular formula is C9H11NO4. The molecule has 0 aliphatic rings. The van der Waals surface area contributed by atoms with E-state index >= 15 is 0 Å². The number of aliphatic hydroxyl groups excluding tert-OH is 1. The van der Waals surface area contributed by atoms with Crippen LogP contribution in [0.5, 0.6) is 0 Å².